The predicted octanol–water partition coefficient (Wildman–Crippen LogP) is 6.32. The van der Waals surface area contributed by atoms with E-state index in [2.05, 4.69) is 9.88 Å². The number of halogens is 2. The van der Waals surface area contributed by atoms with Gasteiger partial charge in [-0.1, -0.05) is 35.3 Å². The van der Waals surface area contributed by atoms with Gasteiger partial charge in [-0.2, -0.15) is 0 Å². The summed E-state index contributed by atoms with van der Waals surface area (Å²) in [5.41, 5.74) is 0.403. The van der Waals surface area contributed by atoms with Gasteiger partial charge in [0, 0.05) is 34.3 Å². The summed E-state index contributed by atoms with van der Waals surface area (Å²) >= 11 is 14.4. The van der Waals surface area contributed by atoms with Crippen LogP contribution in [0.5, 0.6) is 5.75 Å². The summed E-state index contributed by atoms with van der Waals surface area (Å²) < 4.78 is 5.33. The maximum atomic E-state index is 12.4. The molecule has 6 nitrogen and oxygen atoms in total. The Morgan fingerprint density at radius 1 is 1.19 bits per heavy atom. The number of carboxylic acid groups (broad SMARTS) is 1. The van der Waals surface area contributed by atoms with Crippen LogP contribution in [0.15, 0.2) is 53.6 Å². The molecule has 36 heavy (non-hydrogen) atoms. The van der Waals surface area contributed by atoms with E-state index in [1.807, 2.05) is 30.3 Å². The van der Waals surface area contributed by atoms with E-state index < -0.39 is 17.5 Å². The number of aromatic nitrogens is 1. The highest BCUT2D eigenvalue weighted by atomic mass is 35.5. The number of fused-ring (bicyclic) bond motifs is 1. The highest BCUT2D eigenvalue weighted by Gasteiger charge is 2.41. The van der Waals surface area contributed by atoms with E-state index in [1.54, 1.807) is 31.0 Å². The number of carbonyl (C=O) groups is 1. The fourth-order valence-corrected chi connectivity index (χ4v) is 6.34. The highest BCUT2D eigenvalue weighted by Crippen LogP contribution is 2.41. The quantitative estimate of drug-likeness (QED) is 0.286. The summed E-state index contributed by atoms with van der Waals surface area (Å²) in [6, 6.07) is 13.2. The van der Waals surface area contributed by atoms with Gasteiger partial charge in [-0.3, -0.25) is 9.78 Å². The number of piperidine rings is 1. The van der Waals surface area contributed by atoms with Gasteiger partial charge in [0.15, 0.2) is 0 Å². The van der Waals surface area contributed by atoms with Crippen LogP contribution < -0.4 is 4.74 Å². The van der Waals surface area contributed by atoms with Crippen LogP contribution in [-0.4, -0.2) is 58.6 Å². The number of aliphatic carboxylic acids is 1. The number of methoxy groups -OCH3 is 1. The van der Waals surface area contributed by atoms with E-state index in [-0.39, 0.29) is 0 Å². The number of benzene rings is 2. The number of thioether (sulfide) groups is 1. The monoisotopic (exact) mass is 548 g/mol. The average Bonchev–Trinajstić information content (AvgIpc) is 2.88. The number of carboxylic acids is 1. The molecule has 1 atom stereocenters. The average molecular weight is 550 g/mol. The molecule has 1 aliphatic heterocycles. The second-order valence-electron chi connectivity index (χ2n) is 9.16. The number of likely N-dealkylation sites (tertiary alicyclic amines) is 1. The van der Waals surface area contributed by atoms with Crippen molar-refractivity contribution in [3.63, 3.8) is 0 Å². The van der Waals surface area contributed by atoms with Gasteiger partial charge in [-0.15, -0.1) is 11.8 Å². The molecule has 1 aliphatic rings. The molecule has 2 N–H and O–H groups in total. The number of hydrogen-bond acceptors (Lipinski definition) is 6. The first-order chi connectivity index (χ1) is 17.3. The Hall–Kier alpha value is -2.03. The molecule has 0 saturated carbocycles. The van der Waals surface area contributed by atoms with Crippen LogP contribution in [0.1, 0.15) is 37.4 Å². The van der Waals surface area contributed by atoms with Crippen LogP contribution >= 0.6 is 35.0 Å². The Bertz CT molecular complexity index is 1220. The first kappa shape index (κ1) is 27.0. The molecule has 9 heteroatoms. The van der Waals surface area contributed by atoms with E-state index in [4.69, 9.17) is 27.9 Å². The normalized spacial score (nSPS) is 16.7. The third kappa shape index (κ3) is 6.09. The summed E-state index contributed by atoms with van der Waals surface area (Å²) in [6.07, 6.45) is 2.38. The molecule has 1 unspecified atom stereocenters. The number of ether oxygens (including phenoxy) is 1. The lowest BCUT2D eigenvalue weighted by molar-refractivity contribution is -0.153. The number of rotatable bonds is 10. The molecule has 1 aromatic heterocycles. The van der Waals surface area contributed by atoms with Gasteiger partial charge < -0.3 is 19.8 Å². The number of aliphatic hydroxyl groups is 1. The topological polar surface area (TPSA) is 82.9 Å². The third-order valence-corrected chi connectivity index (χ3v) is 8.86. The van der Waals surface area contributed by atoms with Crippen molar-refractivity contribution in [1.82, 2.24) is 9.88 Å². The van der Waals surface area contributed by atoms with Crippen molar-refractivity contribution in [3.05, 3.63) is 64.3 Å². The van der Waals surface area contributed by atoms with Gasteiger partial charge in [0.2, 0.25) is 0 Å². The Morgan fingerprint density at radius 3 is 2.64 bits per heavy atom. The zero-order valence-electron chi connectivity index (χ0n) is 20.1. The minimum Gasteiger partial charge on any atom is -0.497 e. The molecular weight excluding hydrogens is 519 g/mol. The van der Waals surface area contributed by atoms with Crippen LogP contribution in [0.2, 0.25) is 10.0 Å². The van der Waals surface area contributed by atoms with E-state index in [1.165, 1.54) is 6.20 Å². The smallest absolute Gasteiger partial charge is 0.309 e. The minimum atomic E-state index is -0.906. The fraction of sp³-hybridized carbons (Fsp3) is 0.407. The molecule has 2 aromatic carbocycles. The molecule has 3 aromatic rings. The Labute approximate surface area is 225 Å². The lowest BCUT2D eigenvalue weighted by Crippen LogP contribution is -2.45. The summed E-state index contributed by atoms with van der Waals surface area (Å²) in [5.74, 6) is 0.730. The first-order valence-corrected chi connectivity index (χ1v) is 13.7. The van der Waals surface area contributed by atoms with Crippen molar-refractivity contribution in [2.24, 2.45) is 5.41 Å². The van der Waals surface area contributed by atoms with Gasteiger partial charge in [-0.25, -0.2) is 0 Å². The summed E-state index contributed by atoms with van der Waals surface area (Å²) in [7, 11) is 1.58. The van der Waals surface area contributed by atoms with Gasteiger partial charge in [-0.05, 0) is 69.1 Å². The van der Waals surface area contributed by atoms with Gasteiger partial charge >= 0.3 is 5.97 Å². The van der Waals surface area contributed by atoms with Crippen molar-refractivity contribution in [3.8, 4) is 5.75 Å². The molecule has 0 aliphatic carbocycles. The summed E-state index contributed by atoms with van der Waals surface area (Å²) in [4.78, 5) is 20.1. The molecule has 192 valence electrons. The van der Waals surface area contributed by atoms with Crippen molar-refractivity contribution >= 4 is 51.8 Å². The van der Waals surface area contributed by atoms with Gasteiger partial charge in [0.1, 0.15) is 5.75 Å². The molecule has 1 saturated heterocycles. The Balaban J connectivity index is 1.38. The van der Waals surface area contributed by atoms with E-state index in [0.29, 0.717) is 66.0 Å². The van der Waals surface area contributed by atoms with Crippen LogP contribution in [-0.2, 0) is 4.79 Å². The molecular formula is C27H30Cl2N2O4S. The van der Waals surface area contributed by atoms with Crippen LogP contribution in [0.3, 0.4) is 0 Å². The Kier molecular flexibility index (Phi) is 9.01. The third-order valence-electron chi connectivity index (χ3n) is 7.07. The van der Waals surface area contributed by atoms with Gasteiger partial charge in [0.05, 0.1) is 34.2 Å². The standard InChI is InChI=1S/C27H30Cl2N2O4S/c1-35-18-6-7-22-19(16-18)25(21(29)17-30-22)23(32)8-9-27(26(33)34)10-12-31(13-11-27)14-15-36-24-5-3-2-4-20(24)28/h2-7,16-17,23,32H,8-15H2,1H3,(H,33,34). The predicted molar refractivity (Wildman–Crippen MR) is 145 cm³/mol. The molecule has 4 rings (SSSR count). The molecule has 0 radical (unpaired) electrons. The SMILES string of the molecule is COc1ccc2ncc(Cl)c(C(O)CCC3(C(=O)O)CCN(CCSc4ccccc4Cl)CC3)c2c1. The molecule has 0 amide bonds. The molecule has 0 bridgehead atoms. The number of aliphatic hydroxyl groups excluding tert-OH is 1. The van der Waals surface area contributed by atoms with Crippen molar-refractivity contribution in [2.75, 3.05) is 32.5 Å². The highest BCUT2D eigenvalue weighted by molar-refractivity contribution is 7.99. The van der Waals surface area contributed by atoms with E-state index >= 15 is 0 Å². The number of hydrogen-bond donors (Lipinski definition) is 2. The lowest BCUT2D eigenvalue weighted by atomic mass is 9.74. The maximum absolute atomic E-state index is 12.4. The van der Waals surface area contributed by atoms with Crippen molar-refractivity contribution in [1.29, 1.82) is 0 Å². The fourth-order valence-electron chi connectivity index (χ4n) is 4.81. The first-order valence-electron chi connectivity index (χ1n) is 12.0. The number of pyridine rings is 1. The van der Waals surface area contributed by atoms with Crippen molar-refractivity contribution < 1.29 is 19.7 Å². The minimum absolute atomic E-state index is 0.296. The number of nitrogens with zero attached hydrogens (tertiary/aromatic N) is 2. The zero-order chi connectivity index (χ0) is 25.7. The molecule has 2 heterocycles. The van der Waals surface area contributed by atoms with Crippen molar-refractivity contribution in [2.45, 2.75) is 36.7 Å². The lowest BCUT2D eigenvalue weighted by Gasteiger charge is -2.39. The maximum Gasteiger partial charge on any atom is 0.309 e. The van der Waals surface area contributed by atoms with E-state index in [9.17, 15) is 15.0 Å². The van der Waals surface area contributed by atoms with Crippen LogP contribution in [0.4, 0.5) is 0 Å². The van der Waals surface area contributed by atoms with Gasteiger partial charge in [0.25, 0.3) is 0 Å². The second kappa shape index (κ2) is 12.0. The molecule has 0 spiro atoms. The summed E-state index contributed by atoms with van der Waals surface area (Å²) in [5, 5.41) is 23.1. The largest absolute Gasteiger partial charge is 0.497 e. The summed E-state index contributed by atoms with van der Waals surface area (Å²) in [6.45, 7) is 2.29. The van der Waals surface area contributed by atoms with Crippen LogP contribution in [0, 0.1) is 5.41 Å². The molecule has 1 fully saturated rings. The zero-order valence-corrected chi connectivity index (χ0v) is 22.5. The Morgan fingerprint density at radius 2 is 1.94 bits per heavy atom. The van der Waals surface area contributed by atoms with Crippen LogP contribution in [0.25, 0.3) is 10.9 Å². The second-order valence-corrected chi connectivity index (χ2v) is 11.1. The van der Waals surface area contributed by atoms with E-state index in [0.717, 1.165) is 22.2 Å².